The van der Waals surface area contributed by atoms with E-state index < -0.39 is 18.4 Å². The number of fused-ring (bicyclic) bond motifs is 3. The molecule has 2 amide bonds. The lowest BCUT2D eigenvalue weighted by atomic mass is 9.94. The van der Waals surface area contributed by atoms with E-state index in [1.807, 2.05) is 62.4 Å². The number of nitrogens with zero attached hydrogens (tertiary/aromatic N) is 2. The van der Waals surface area contributed by atoms with Crippen LogP contribution in [0.1, 0.15) is 49.3 Å². The Balaban J connectivity index is 1.50. The van der Waals surface area contributed by atoms with Gasteiger partial charge in [-0.3, -0.25) is 9.69 Å². The minimum absolute atomic E-state index is 0.0573. The predicted molar refractivity (Wildman–Crippen MR) is 162 cm³/mol. The lowest BCUT2D eigenvalue weighted by Crippen LogP contribution is -2.55. The Hall–Kier alpha value is -3.20. The van der Waals surface area contributed by atoms with Crippen LogP contribution in [0.25, 0.3) is 11.1 Å². The van der Waals surface area contributed by atoms with Gasteiger partial charge in [0.1, 0.15) is 6.04 Å². The molecule has 2 aliphatic rings. The summed E-state index contributed by atoms with van der Waals surface area (Å²) in [6, 6.07) is 23.2. The highest BCUT2D eigenvalue weighted by Gasteiger charge is 2.42. The molecule has 0 aromatic heterocycles. The molecule has 0 bridgehead atoms. The van der Waals surface area contributed by atoms with Crippen molar-refractivity contribution in [1.82, 2.24) is 9.80 Å². The lowest BCUT2D eigenvalue weighted by molar-refractivity contribution is -0.162. The molecule has 0 aliphatic heterocycles. The summed E-state index contributed by atoms with van der Waals surface area (Å²) in [5.74, 6) is -0.380. The van der Waals surface area contributed by atoms with Crippen molar-refractivity contribution in [3.63, 3.8) is 0 Å². The molecule has 0 radical (unpaired) electrons. The second-order valence-electron chi connectivity index (χ2n) is 10.6. The minimum atomic E-state index is -1.11. The zero-order valence-electron chi connectivity index (χ0n) is 23.5. The molecular weight excluding hydrogens is 584 g/mol. The molecule has 3 aromatic carbocycles. The molecule has 1 fully saturated rings. The van der Waals surface area contributed by atoms with E-state index in [2.05, 4.69) is 40.2 Å². The summed E-state index contributed by atoms with van der Waals surface area (Å²) in [5, 5.41) is 10.7. The van der Waals surface area contributed by atoms with E-state index in [9.17, 15) is 14.7 Å². The van der Waals surface area contributed by atoms with Gasteiger partial charge in [-0.25, -0.2) is 4.79 Å². The van der Waals surface area contributed by atoms with Crippen molar-refractivity contribution in [1.29, 1.82) is 0 Å². The number of rotatable bonds is 13. The highest BCUT2D eigenvalue weighted by molar-refractivity contribution is 9.10. The maximum atomic E-state index is 14.5. The van der Waals surface area contributed by atoms with E-state index in [0.29, 0.717) is 13.2 Å². The summed E-state index contributed by atoms with van der Waals surface area (Å²) in [6.45, 7) is 5.16. The Bertz CT molecular complexity index is 1310. The van der Waals surface area contributed by atoms with Crippen molar-refractivity contribution in [3.8, 4) is 11.1 Å². The Kier molecular flexibility index (Phi) is 9.42. The Morgan fingerprint density at radius 3 is 1.98 bits per heavy atom. The van der Waals surface area contributed by atoms with E-state index in [1.54, 1.807) is 4.90 Å². The summed E-state index contributed by atoms with van der Waals surface area (Å²) in [6.07, 6.45) is 0.376. The van der Waals surface area contributed by atoms with Gasteiger partial charge in [0.2, 0.25) is 5.91 Å². The zero-order chi connectivity index (χ0) is 28.9. The molecule has 1 saturated carbocycles. The smallest absolute Gasteiger partial charge is 0.408 e. The molecule has 5 rings (SSSR count). The van der Waals surface area contributed by atoms with Crippen LogP contribution < -0.4 is 0 Å². The predicted octanol–water partition coefficient (Wildman–Crippen LogP) is 6.54. The quantitative estimate of drug-likeness (QED) is 0.219. The van der Waals surface area contributed by atoms with Gasteiger partial charge in [0.15, 0.2) is 6.29 Å². The maximum Gasteiger partial charge on any atom is 0.408 e. The van der Waals surface area contributed by atoms with Crippen molar-refractivity contribution < 1.29 is 24.2 Å². The van der Waals surface area contributed by atoms with Crippen LogP contribution in [0.5, 0.6) is 0 Å². The zero-order valence-corrected chi connectivity index (χ0v) is 25.1. The van der Waals surface area contributed by atoms with E-state index >= 15 is 0 Å². The third-order valence-corrected chi connectivity index (χ3v) is 8.44. The molecular formula is C33H37BrN2O5. The number of benzene rings is 3. The standard InChI is InChI=1S/C33H37BrN2O5/c1-3-40-31(41-4-2)21-35(24-17-18-24)32(37)30(19-22-13-15-23(34)16-14-22)36(33(38)39)20-29-27-11-7-5-9-25(27)26-10-6-8-12-28(26)29/h5-16,24,29-31H,3-4,17-21H2,1-2H3,(H,38,39). The summed E-state index contributed by atoms with van der Waals surface area (Å²) in [5.41, 5.74) is 5.30. The van der Waals surface area contributed by atoms with Crippen LogP contribution >= 0.6 is 15.9 Å². The van der Waals surface area contributed by atoms with Gasteiger partial charge in [-0.2, -0.15) is 0 Å². The van der Waals surface area contributed by atoms with Crippen molar-refractivity contribution in [2.75, 3.05) is 26.3 Å². The highest BCUT2D eigenvalue weighted by atomic mass is 79.9. The second-order valence-corrected chi connectivity index (χ2v) is 11.5. The average Bonchev–Trinajstić information content (AvgIpc) is 3.77. The molecule has 0 spiro atoms. The molecule has 2 aliphatic carbocycles. The second kappa shape index (κ2) is 13.2. The first kappa shape index (κ1) is 29.3. The number of amides is 2. The number of ether oxygens (including phenoxy) is 2. The third-order valence-electron chi connectivity index (χ3n) is 7.91. The van der Waals surface area contributed by atoms with Crippen LogP contribution in [0, 0.1) is 0 Å². The van der Waals surface area contributed by atoms with Crippen molar-refractivity contribution >= 4 is 27.9 Å². The van der Waals surface area contributed by atoms with E-state index in [1.165, 1.54) is 4.90 Å². The Labute approximate surface area is 250 Å². The molecule has 41 heavy (non-hydrogen) atoms. The fourth-order valence-electron chi connectivity index (χ4n) is 5.85. The Morgan fingerprint density at radius 2 is 1.46 bits per heavy atom. The van der Waals surface area contributed by atoms with E-state index in [-0.39, 0.29) is 37.4 Å². The highest BCUT2D eigenvalue weighted by Crippen LogP contribution is 2.45. The van der Waals surface area contributed by atoms with Crippen LogP contribution in [0.2, 0.25) is 0 Å². The molecule has 1 N–H and O–H groups in total. The Morgan fingerprint density at radius 1 is 0.902 bits per heavy atom. The number of hydrogen-bond donors (Lipinski definition) is 1. The molecule has 7 nitrogen and oxygen atoms in total. The van der Waals surface area contributed by atoms with Crippen molar-refractivity contribution in [3.05, 3.63) is 94.0 Å². The number of hydrogen-bond acceptors (Lipinski definition) is 4. The van der Waals surface area contributed by atoms with Gasteiger partial charge < -0.3 is 19.5 Å². The summed E-state index contributed by atoms with van der Waals surface area (Å²) in [4.78, 5) is 30.6. The van der Waals surface area contributed by atoms with Crippen LogP contribution in [0.4, 0.5) is 4.79 Å². The lowest BCUT2D eigenvalue weighted by Gasteiger charge is -2.36. The SMILES string of the molecule is CCOC(CN(C(=O)C(Cc1ccc(Br)cc1)N(CC1c2ccccc2-c2ccccc21)C(=O)O)C1CC1)OCC. The topological polar surface area (TPSA) is 79.3 Å². The molecule has 216 valence electrons. The number of halogens is 1. The van der Waals surface area contributed by atoms with E-state index in [4.69, 9.17) is 9.47 Å². The van der Waals surface area contributed by atoms with Gasteiger partial charge in [0, 0.05) is 42.6 Å². The first-order valence-corrected chi connectivity index (χ1v) is 15.2. The van der Waals surface area contributed by atoms with Crippen molar-refractivity contribution in [2.45, 2.75) is 57.4 Å². The van der Waals surface area contributed by atoms with Crippen LogP contribution in [-0.2, 0) is 20.7 Å². The maximum absolute atomic E-state index is 14.5. The van der Waals surface area contributed by atoms with Gasteiger partial charge in [-0.15, -0.1) is 0 Å². The summed E-state index contributed by atoms with van der Waals surface area (Å²) >= 11 is 3.48. The van der Waals surface area contributed by atoms with Crippen LogP contribution in [-0.4, -0.2) is 71.6 Å². The van der Waals surface area contributed by atoms with Gasteiger partial charge >= 0.3 is 6.09 Å². The van der Waals surface area contributed by atoms with Gasteiger partial charge in [-0.05, 0) is 66.6 Å². The molecule has 1 unspecified atom stereocenters. The third kappa shape index (κ3) is 6.66. The molecule has 0 heterocycles. The number of carbonyl (C=O) groups excluding carboxylic acids is 1. The minimum Gasteiger partial charge on any atom is -0.465 e. The normalized spacial score (nSPS) is 14.9. The van der Waals surface area contributed by atoms with Gasteiger partial charge in [-0.1, -0.05) is 76.6 Å². The first-order valence-electron chi connectivity index (χ1n) is 14.4. The number of carboxylic acid groups (broad SMARTS) is 1. The fraction of sp³-hybridized carbons (Fsp3) is 0.394. The molecule has 0 saturated heterocycles. The molecule has 8 heteroatoms. The van der Waals surface area contributed by atoms with Crippen LogP contribution in [0.3, 0.4) is 0 Å². The fourth-order valence-corrected chi connectivity index (χ4v) is 6.11. The number of carbonyl (C=O) groups is 2. The average molecular weight is 622 g/mol. The molecule has 1 atom stereocenters. The first-order chi connectivity index (χ1) is 19.9. The van der Waals surface area contributed by atoms with Gasteiger partial charge in [0.25, 0.3) is 0 Å². The molecule has 3 aromatic rings. The monoisotopic (exact) mass is 620 g/mol. The largest absolute Gasteiger partial charge is 0.465 e. The van der Waals surface area contributed by atoms with Crippen molar-refractivity contribution in [2.24, 2.45) is 0 Å². The summed E-state index contributed by atoms with van der Waals surface area (Å²) < 4.78 is 12.5. The summed E-state index contributed by atoms with van der Waals surface area (Å²) in [7, 11) is 0. The van der Waals surface area contributed by atoms with E-state index in [0.717, 1.165) is 45.1 Å². The van der Waals surface area contributed by atoms with Gasteiger partial charge in [0.05, 0.1) is 6.54 Å². The van der Waals surface area contributed by atoms with Crippen LogP contribution in [0.15, 0.2) is 77.3 Å².